The maximum Gasteiger partial charge on any atom is 0.433 e. The molecular formula is C30H30F6N6O6. The van der Waals surface area contributed by atoms with Crippen LogP contribution >= 0.6 is 0 Å². The standard InChI is InChI=1S/C16H16F3N3O4.C14H14F3N3O2/c1-25-15(24)22-5-4-9(12-7-14(23)21-26-12)6-11(22)10-2-3-13(20-8-10)16(17,18)19;15-14(16,17)12-2-1-9(7-19-12)10-5-8(3-4-18-10)11-6-13(21)20-22-11/h2-3,7-9,11H,4-6H2,1H3,(H,21,23);1-2,6-8,10,18H,3-5H2,(H,20,21)/t;8-,10-/m.0/s1. The van der Waals surface area contributed by atoms with E-state index in [9.17, 15) is 40.7 Å². The van der Waals surface area contributed by atoms with Crippen LogP contribution in [0.1, 0.15) is 83.6 Å². The van der Waals surface area contributed by atoms with E-state index in [0.717, 1.165) is 24.8 Å². The predicted molar refractivity (Wildman–Crippen MR) is 154 cm³/mol. The quantitative estimate of drug-likeness (QED) is 0.231. The summed E-state index contributed by atoms with van der Waals surface area (Å²) in [4.78, 5) is 42.8. The van der Waals surface area contributed by atoms with Crippen molar-refractivity contribution in [2.24, 2.45) is 0 Å². The molecule has 0 bridgehead atoms. The lowest BCUT2D eigenvalue weighted by Gasteiger charge is -2.37. The van der Waals surface area contributed by atoms with Crippen LogP contribution in [0.25, 0.3) is 0 Å². The fourth-order valence-corrected chi connectivity index (χ4v) is 5.85. The molecule has 4 atom stereocenters. The molecule has 0 spiro atoms. The Balaban J connectivity index is 0.000000190. The number of aromatic amines is 2. The maximum atomic E-state index is 12.7. The third-order valence-electron chi connectivity index (χ3n) is 8.25. The number of nitrogens with one attached hydrogen (secondary N) is 3. The summed E-state index contributed by atoms with van der Waals surface area (Å²) in [5.41, 5.74) is -1.43. The van der Waals surface area contributed by atoms with Crippen molar-refractivity contribution >= 4 is 6.09 Å². The first-order valence-corrected chi connectivity index (χ1v) is 14.7. The van der Waals surface area contributed by atoms with Crippen LogP contribution in [0, 0.1) is 0 Å². The molecule has 2 aliphatic heterocycles. The van der Waals surface area contributed by atoms with Crippen molar-refractivity contribution in [2.45, 2.75) is 62.0 Å². The minimum absolute atomic E-state index is 0.0486. The van der Waals surface area contributed by atoms with Gasteiger partial charge in [0.15, 0.2) is 0 Å². The molecule has 0 radical (unpaired) electrons. The normalized spacial score (nSPS) is 21.7. The number of aromatic nitrogens is 4. The molecule has 48 heavy (non-hydrogen) atoms. The van der Waals surface area contributed by atoms with Gasteiger partial charge in [-0.15, -0.1) is 0 Å². The lowest BCUT2D eigenvalue weighted by atomic mass is 9.86. The number of halogens is 6. The molecule has 6 rings (SSSR count). The van der Waals surface area contributed by atoms with E-state index in [-0.39, 0.29) is 29.0 Å². The van der Waals surface area contributed by atoms with E-state index in [4.69, 9.17) is 13.8 Å². The number of carbonyl (C=O) groups is 1. The van der Waals surface area contributed by atoms with Crippen LogP contribution in [-0.2, 0) is 17.1 Å². The van der Waals surface area contributed by atoms with E-state index in [1.54, 1.807) is 0 Å². The van der Waals surface area contributed by atoms with Crippen molar-refractivity contribution in [3.8, 4) is 0 Å². The molecular weight excluding hydrogens is 654 g/mol. The molecule has 0 aromatic carbocycles. The highest BCUT2D eigenvalue weighted by Crippen LogP contribution is 2.40. The third-order valence-corrected chi connectivity index (χ3v) is 8.25. The second-order valence-electron chi connectivity index (χ2n) is 11.3. The van der Waals surface area contributed by atoms with Crippen molar-refractivity contribution < 1.29 is 44.9 Å². The molecule has 0 saturated carbocycles. The lowest BCUT2D eigenvalue weighted by Crippen LogP contribution is -2.40. The summed E-state index contributed by atoms with van der Waals surface area (Å²) in [6, 6.07) is 6.68. The van der Waals surface area contributed by atoms with Gasteiger partial charge in [-0.2, -0.15) is 36.7 Å². The summed E-state index contributed by atoms with van der Waals surface area (Å²) in [6.45, 7) is 0.989. The molecule has 2 aliphatic rings. The van der Waals surface area contributed by atoms with Crippen molar-refractivity contribution in [3.63, 3.8) is 0 Å². The predicted octanol–water partition coefficient (Wildman–Crippen LogP) is 5.66. The Morgan fingerprint density at radius 1 is 0.833 bits per heavy atom. The molecule has 258 valence electrons. The average Bonchev–Trinajstić information content (AvgIpc) is 3.72. The maximum absolute atomic E-state index is 12.7. The highest BCUT2D eigenvalue weighted by molar-refractivity contribution is 5.68. The van der Waals surface area contributed by atoms with Crippen LogP contribution in [0.3, 0.4) is 0 Å². The second kappa shape index (κ2) is 14.1. The van der Waals surface area contributed by atoms with E-state index >= 15 is 0 Å². The van der Waals surface area contributed by atoms with Gasteiger partial charge in [-0.25, -0.2) is 4.79 Å². The third kappa shape index (κ3) is 8.15. The number of alkyl halides is 6. The van der Waals surface area contributed by atoms with E-state index in [0.29, 0.717) is 55.0 Å². The molecule has 2 unspecified atom stereocenters. The molecule has 3 N–H and O–H groups in total. The number of piperidine rings is 2. The number of hydrogen-bond acceptors (Lipinski definition) is 9. The fourth-order valence-electron chi connectivity index (χ4n) is 5.85. The van der Waals surface area contributed by atoms with Gasteiger partial charge < -0.3 is 24.0 Å². The molecule has 12 nitrogen and oxygen atoms in total. The zero-order valence-electron chi connectivity index (χ0n) is 25.2. The average molecular weight is 685 g/mol. The SMILES string of the molecule is COC(=O)N1CCC(c2cc(=O)[nH]o2)CC1c1ccc(C(F)(F)F)nc1.O=c1cc([C@H]2CCN[C@H](c3ccc(C(F)(F)F)nc3)C2)o[nH]1. The number of H-pyrrole nitrogens is 2. The minimum atomic E-state index is -4.54. The van der Waals surface area contributed by atoms with Crippen molar-refractivity contribution in [2.75, 3.05) is 20.2 Å². The highest BCUT2D eigenvalue weighted by Gasteiger charge is 2.37. The number of hydrogen-bond donors (Lipinski definition) is 3. The summed E-state index contributed by atoms with van der Waals surface area (Å²) in [5, 5.41) is 7.72. The molecule has 1 amide bonds. The number of nitrogens with zero attached hydrogens (tertiary/aromatic N) is 3. The summed E-state index contributed by atoms with van der Waals surface area (Å²) >= 11 is 0. The van der Waals surface area contributed by atoms with Gasteiger partial charge in [0, 0.05) is 48.9 Å². The Bertz CT molecular complexity index is 1780. The number of methoxy groups -OCH3 is 1. The van der Waals surface area contributed by atoms with Crippen LogP contribution in [0.15, 0.2) is 67.4 Å². The van der Waals surface area contributed by atoms with Gasteiger partial charge in [0.2, 0.25) is 0 Å². The molecule has 6 heterocycles. The van der Waals surface area contributed by atoms with Gasteiger partial charge in [-0.3, -0.25) is 19.6 Å². The number of amides is 1. The highest BCUT2D eigenvalue weighted by atomic mass is 19.4. The zero-order valence-corrected chi connectivity index (χ0v) is 25.2. The monoisotopic (exact) mass is 684 g/mol. The van der Waals surface area contributed by atoms with Crippen LogP contribution in [0.4, 0.5) is 31.1 Å². The second-order valence-corrected chi connectivity index (χ2v) is 11.3. The molecule has 4 aromatic rings. The first kappa shape index (κ1) is 34.5. The number of carbonyl (C=O) groups excluding carboxylic acids is 1. The molecule has 18 heteroatoms. The van der Waals surface area contributed by atoms with Crippen LogP contribution in [0.5, 0.6) is 0 Å². The Kier molecular flexibility index (Phi) is 10.1. The van der Waals surface area contributed by atoms with Crippen molar-refractivity contribution in [1.29, 1.82) is 0 Å². The molecule has 2 saturated heterocycles. The van der Waals surface area contributed by atoms with Gasteiger partial charge in [-0.1, -0.05) is 12.1 Å². The zero-order chi connectivity index (χ0) is 34.6. The Hall–Kier alpha value is -4.87. The van der Waals surface area contributed by atoms with Crippen molar-refractivity contribution in [3.05, 3.63) is 104 Å². The molecule has 0 aliphatic carbocycles. The summed E-state index contributed by atoms with van der Waals surface area (Å²) in [5.74, 6) is 0.912. The fraction of sp³-hybridized carbons (Fsp3) is 0.433. The number of likely N-dealkylation sites (tertiary alicyclic amines) is 1. The summed E-state index contributed by atoms with van der Waals surface area (Å²) < 4.78 is 90.7. The van der Waals surface area contributed by atoms with Gasteiger partial charge in [-0.05, 0) is 55.5 Å². The molecule has 2 fully saturated rings. The largest absolute Gasteiger partial charge is 0.453 e. The Morgan fingerprint density at radius 3 is 1.83 bits per heavy atom. The van der Waals surface area contributed by atoms with Gasteiger partial charge >= 0.3 is 18.4 Å². The molecule has 4 aromatic heterocycles. The Morgan fingerprint density at radius 2 is 1.38 bits per heavy atom. The van der Waals surface area contributed by atoms with E-state index < -0.39 is 35.9 Å². The van der Waals surface area contributed by atoms with Crippen LogP contribution < -0.4 is 16.4 Å². The van der Waals surface area contributed by atoms with E-state index in [1.165, 1.54) is 42.5 Å². The van der Waals surface area contributed by atoms with Crippen LogP contribution in [-0.4, -0.2) is 51.5 Å². The Labute approximate surface area is 267 Å². The number of pyridine rings is 2. The van der Waals surface area contributed by atoms with Gasteiger partial charge in [0.25, 0.3) is 11.1 Å². The number of rotatable bonds is 4. The van der Waals surface area contributed by atoms with Gasteiger partial charge in [0.1, 0.15) is 22.9 Å². The first-order chi connectivity index (χ1) is 22.7. The summed E-state index contributed by atoms with van der Waals surface area (Å²) in [7, 11) is 1.24. The smallest absolute Gasteiger partial charge is 0.433 e. The lowest BCUT2D eigenvalue weighted by molar-refractivity contribution is -0.142. The van der Waals surface area contributed by atoms with E-state index in [1.807, 2.05) is 0 Å². The topological polar surface area (TPSA) is 159 Å². The van der Waals surface area contributed by atoms with Crippen molar-refractivity contribution in [1.82, 2.24) is 30.5 Å². The minimum Gasteiger partial charge on any atom is -0.453 e. The summed E-state index contributed by atoms with van der Waals surface area (Å²) in [6.07, 6.45) is -4.87. The van der Waals surface area contributed by atoms with Crippen LogP contribution in [0.2, 0.25) is 0 Å². The number of ether oxygens (including phenoxy) is 1. The van der Waals surface area contributed by atoms with E-state index in [2.05, 4.69) is 25.6 Å². The first-order valence-electron chi connectivity index (χ1n) is 14.7. The van der Waals surface area contributed by atoms with Gasteiger partial charge in [0.05, 0.1) is 13.2 Å².